The molecule has 1 saturated heterocycles. The van der Waals surface area contributed by atoms with Gasteiger partial charge in [0.15, 0.2) is 0 Å². The molecule has 1 aliphatic rings. The highest BCUT2D eigenvalue weighted by Gasteiger charge is 2.49. The monoisotopic (exact) mass is 426 g/mol. The Morgan fingerprint density at radius 3 is 2.63 bits per heavy atom. The number of amides is 4. The fourth-order valence-electron chi connectivity index (χ4n) is 2.81. The maximum atomic E-state index is 12.8. The molecular weight excluding hydrogens is 412 g/mol. The number of halogens is 1. The molecule has 1 aliphatic heterocycles. The second-order valence-electron chi connectivity index (χ2n) is 6.19. The molecule has 1 heterocycles. The van der Waals surface area contributed by atoms with E-state index in [1.807, 2.05) is 6.07 Å². The smallest absolute Gasteiger partial charge is 0.325 e. The van der Waals surface area contributed by atoms with Crippen molar-refractivity contribution in [3.63, 3.8) is 0 Å². The average Bonchev–Trinajstić information content (AvgIpc) is 2.88. The molecule has 7 nitrogen and oxygen atoms in total. The van der Waals surface area contributed by atoms with Crippen LogP contribution in [0.5, 0.6) is 0 Å². The zero-order valence-electron chi connectivity index (χ0n) is 14.3. The summed E-state index contributed by atoms with van der Waals surface area (Å²) in [7, 11) is 0. The van der Waals surface area contributed by atoms with Crippen molar-refractivity contribution in [2.75, 3.05) is 11.9 Å². The topological polar surface area (TPSA) is 102 Å². The fourth-order valence-corrected chi connectivity index (χ4v) is 3.08. The summed E-state index contributed by atoms with van der Waals surface area (Å²) in [6, 6.07) is 14.7. The molecule has 0 saturated carbocycles. The van der Waals surface area contributed by atoms with Crippen LogP contribution in [0.15, 0.2) is 53.0 Å². The lowest BCUT2D eigenvalue weighted by Gasteiger charge is -2.22. The van der Waals surface area contributed by atoms with Gasteiger partial charge in [0.2, 0.25) is 5.91 Å². The van der Waals surface area contributed by atoms with E-state index in [9.17, 15) is 14.4 Å². The number of urea groups is 1. The molecule has 0 aliphatic carbocycles. The van der Waals surface area contributed by atoms with Crippen LogP contribution in [0.25, 0.3) is 0 Å². The predicted molar refractivity (Wildman–Crippen MR) is 102 cm³/mol. The first-order valence-corrected chi connectivity index (χ1v) is 8.83. The zero-order valence-corrected chi connectivity index (χ0v) is 15.9. The van der Waals surface area contributed by atoms with Crippen molar-refractivity contribution < 1.29 is 14.4 Å². The first kappa shape index (κ1) is 18.6. The number of anilines is 1. The summed E-state index contributed by atoms with van der Waals surface area (Å²) >= 11 is 3.30. The molecule has 2 N–H and O–H groups in total. The fraction of sp³-hybridized carbons (Fsp3) is 0.158. The van der Waals surface area contributed by atoms with E-state index in [4.69, 9.17) is 5.26 Å². The summed E-state index contributed by atoms with van der Waals surface area (Å²) in [6.45, 7) is 1.14. The van der Waals surface area contributed by atoms with E-state index in [1.54, 1.807) is 55.5 Å². The van der Waals surface area contributed by atoms with Gasteiger partial charge in [0.25, 0.3) is 5.91 Å². The van der Waals surface area contributed by atoms with Crippen LogP contribution in [0.2, 0.25) is 0 Å². The van der Waals surface area contributed by atoms with Crippen LogP contribution >= 0.6 is 15.9 Å². The number of nitrogens with one attached hydrogen (secondary N) is 2. The number of hydrogen-bond donors (Lipinski definition) is 2. The maximum Gasteiger partial charge on any atom is 0.325 e. The van der Waals surface area contributed by atoms with Crippen molar-refractivity contribution in [1.82, 2.24) is 10.2 Å². The van der Waals surface area contributed by atoms with E-state index in [0.717, 1.165) is 9.37 Å². The Kier molecular flexibility index (Phi) is 4.97. The number of nitriles is 1. The van der Waals surface area contributed by atoms with Gasteiger partial charge in [-0.1, -0.05) is 28.1 Å². The van der Waals surface area contributed by atoms with Crippen LogP contribution in [0.4, 0.5) is 10.5 Å². The largest absolute Gasteiger partial charge is 0.325 e. The summed E-state index contributed by atoms with van der Waals surface area (Å²) in [5.74, 6) is -1.04. The minimum atomic E-state index is -1.33. The van der Waals surface area contributed by atoms with E-state index in [-0.39, 0.29) is 0 Å². The SMILES string of the molecule is CC1(c2cccc(C#N)c2)NC(=O)N(CC(=O)Nc2ccc(Br)cc2)C1=O. The molecule has 136 valence electrons. The second kappa shape index (κ2) is 7.21. The van der Waals surface area contributed by atoms with Gasteiger partial charge in [-0.2, -0.15) is 5.26 Å². The third-order valence-corrected chi connectivity index (χ3v) is 4.80. The molecule has 0 radical (unpaired) electrons. The summed E-state index contributed by atoms with van der Waals surface area (Å²) in [6.07, 6.45) is 0. The van der Waals surface area contributed by atoms with Gasteiger partial charge in [0, 0.05) is 10.2 Å². The second-order valence-corrected chi connectivity index (χ2v) is 7.11. The molecule has 0 spiro atoms. The van der Waals surface area contributed by atoms with E-state index in [1.165, 1.54) is 0 Å². The molecule has 1 fully saturated rings. The Balaban J connectivity index is 1.76. The van der Waals surface area contributed by atoms with Crippen molar-refractivity contribution in [3.8, 4) is 6.07 Å². The van der Waals surface area contributed by atoms with Gasteiger partial charge >= 0.3 is 6.03 Å². The van der Waals surface area contributed by atoms with E-state index < -0.39 is 29.9 Å². The first-order valence-electron chi connectivity index (χ1n) is 8.03. The predicted octanol–water partition coefficient (Wildman–Crippen LogP) is 2.73. The zero-order chi connectivity index (χ0) is 19.6. The quantitative estimate of drug-likeness (QED) is 0.733. The van der Waals surface area contributed by atoms with Crippen molar-refractivity contribution in [1.29, 1.82) is 5.26 Å². The number of carbonyl (C=O) groups excluding carboxylic acids is 3. The van der Waals surface area contributed by atoms with Crippen LogP contribution in [0.3, 0.4) is 0 Å². The lowest BCUT2D eigenvalue weighted by Crippen LogP contribution is -2.42. The molecule has 3 rings (SSSR count). The average molecular weight is 427 g/mol. The van der Waals surface area contributed by atoms with Gasteiger partial charge < -0.3 is 10.6 Å². The normalized spacial score (nSPS) is 18.8. The van der Waals surface area contributed by atoms with Gasteiger partial charge in [-0.3, -0.25) is 14.5 Å². The highest BCUT2D eigenvalue weighted by Crippen LogP contribution is 2.29. The number of carbonyl (C=O) groups is 3. The van der Waals surface area contributed by atoms with E-state index >= 15 is 0 Å². The number of nitrogens with zero attached hydrogens (tertiary/aromatic N) is 2. The molecule has 27 heavy (non-hydrogen) atoms. The van der Waals surface area contributed by atoms with Gasteiger partial charge in [-0.25, -0.2) is 4.79 Å². The maximum absolute atomic E-state index is 12.8. The van der Waals surface area contributed by atoms with Crippen molar-refractivity contribution in [2.24, 2.45) is 0 Å². The highest BCUT2D eigenvalue weighted by atomic mass is 79.9. The Labute approximate surface area is 164 Å². The summed E-state index contributed by atoms with van der Waals surface area (Å²) in [4.78, 5) is 38.3. The molecule has 2 aromatic rings. The number of benzene rings is 2. The third kappa shape index (κ3) is 3.68. The summed E-state index contributed by atoms with van der Waals surface area (Å²) in [5.41, 5.74) is 0.0830. The Morgan fingerprint density at radius 1 is 1.26 bits per heavy atom. The molecule has 0 aromatic heterocycles. The Hall–Kier alpha value is -3.18. The molecular formula is C19H15BrN4O3. The highest BCUT2D eigenvalue weighted by molar-refractivity contribution is 9.10. The van der Waals surface area contributed by atoms with Crippen LogP contribution in [0, 0.1) is 11.3 Å². The van der Waals surface area contributed by atoms with Gasteiger partial charge in [-0.05, 0) is 48.9 Å². The summed E-state index contributed by atoms with van der Waals surface area (Å²) < 4.78 is 0.866. The summed E-state index contributed by atoms with van der Waals surface area (Å²) in [5, 5.41) is 14.3. The minimum Gasteiger partial charge on any atom is -0.325 e. The molecule has 4 amide bonds. The molecule has 1 unspecified atom stereocenters. The molecule has 1 atom stereocenters. The lowest BCUT2D eigenvalue weighted by atomic mass is 9.91. The van der Waals surface area contributed by atoms with Crippen molar-refractivity contribution in [3.05, 3.63) is 64.1 Å². The van der Waals surface area contributed by atoms with Crippen molar-refractivity contribution >= 4 is 39.5 Å². The van der Waals surface area contributed by atoms with E-state index in [0.29, 0.717) is 16.8 Å². The van der Waals surface area contributed by atoms with E-state index in [2.05, 4.69) is 26.6 Å². The Bertz CT molecular complexity index is 968. The van der Waals surface area contributed by atoms with Crippen LogP contribution in [-0.2, 0) is 15.1 Å². The lowest BCUT2D eigenvalue weighted by molar-refractivity contribution is -0.133. The molecule has 8 heteroatoms. The first-order chi connectivity index (χ1) is 12.8. The van der Waals surface area contributed by atoms with Gasteiger partial charge in [0.05, 0.1) is 11.6 Å². The van der Waals surface area contributed by atoms with Gasteiger partial charge in [-0.15, -0.1) is 0 Å². The number of rotatable bonds is 4. The third-order valence-electron chi connectivity index (χ3n) is 4.27. The molecule has 2 aromatic carbocycles. The Morgan fingerprint density at radius 2 is 1.96 bits per heavy atom. The van der Waals surface area contributed by atoms with Crippen LogP contribution in [0.1, 0.15) is 18.1 Å². The standard InChI is InChI=1S/C19H15BrN4O3/c1-19(13-4-2-3-12(9-13)10-21)17(26)24(18(27)23-19)11-16(25)22-15-7-5-14(20)6-8-15/h2-9H,11H2,1H3,(H,22,25)(H,23,27). The molecule has 0 bridgehead atoms. The number of hydrogen-bond acceptors (Lipinski definition) is 4. The number of imide groups is 1. The van der Waals surface area contributed by atoms with Crippen LogP contribution < -0.4 is 10.6 Å². The van der Waals surface area contributed by atoms with Gasteiger partial charge in [0.1, 0.15) is 12.1 Å². The van der Waals surface area contributed by atoms with Crippen LogP contribution in [-0.4, -0.2) is 29.3 Å². The minimum absolute atomic E-state index is 0.377. The van der Waals surface area contributed by atoms with Crippen molar-refractivity contribution in [2.45, 2.75) is 12.5 Å².